The fraction of sp³-hybridized carbons (Fsp3) is 0.273. The Morgan fingerprint density at radius 1 is 1.10 bits per heavy atom. The van der Waals surface area contributed by atoms with E-state index in [1.165, 1.54) is 0 Å². The predicted molar refractivity (Wildman–Crippen MR) is 119 cm³/mol. The van der Waals surface area contributed by atoms with Crippen LogP contribution in [-0.4, -0.2) is 52.2 Å². The molecule has 2 aliphatic heterocycles. The number of nitrogens with one attached hydrogen (secondary N) is 2. The van der Waals surface area contributed by atoms with Gasteiger partial charge in [0.05, 0.1) is 35.4 Å². The molecule has 3 N–H and O–H groups in total. The van der Waals surface area contributed by atoms with Gasteiger partial charge >= 0.3 is 0 Å². The molecule has 9 heteroatoms. The molecule has 31 heavy (non-hydrogen) atoms. The average molecular weight is 417 g/mol. The van der Waals surface area contributed by atoms with Gasteiger partial charge in [-0.15, -0.1) is 0 Å². The van der Waals surface area contributed by atoms with E-state index >= 15 is 0 Å². The van der Waals surface area contributed by atoms with Gasteiger partial charge in [0.2, 0.25) is 5.95 Å². The zero-order valence-corrected chi connectivity index (χ0v) is 17.1. The zero-order valence-electron chi connectivity index (χ0n) is 17.1. The molecule has 0 bridgehead atoms. The van der Waals surface area contributed by atoms with Crippen molar-refractivity contribution >= 4 is 40.6 Å². The Kier molecular flexibility index (Phi) is 4.87. The summed E-state index contributed by atoms with van der Waals surface area (Å²) in [5.74, 6) is 1.43. The summed E-state index contributed by atoms with van der Waals surface area (Å²) >= 11 is 0. The number of pyridine rings is 1. The lowest BCUT2D eigenvalue weighted by Crippen LogP contribution is -2.35. The first-order valence-electron chi connectivity index (χ1n) is 10.3. The molecule has 2 aliphatic rings. The van der Waals surface area contributed by atoms with Crippen molar-refractivity contribution in [2.45, 2.75) is 18.9 Å². The molecule has 0 atom stereocenters. The molecule has 158 valence electrons. The third-order valence-electron chi connectivity index (χ3n) is 5.66. The predicted octanol–water partition coefficient (Wildman–Crippen LogP) is 2.91. The van der Waals surface area contributed by atoms with Gasteiger partial charge in [-0.3, -0.25) is 4.79 Å². The Morgan fingerprint density at radius 2 is 1.90 bits per heavy atom. The first kappa shape index (κ1) is 19.3. The van der Waals surface area contributed by atoms with E-state index in [2.05, 4.69) is 30.5 Å². The Morgan fingerprint density at radius 3 is 2.68 bits per heavy atom. The normalized spacial score (nSPS) is 16.3. The molecule has 5 rings (SSSR count). The minimum absolute atomic E-state index is 0.187. The Labute approximate surface area is 179 Å². The van der Waals surface area contributed by atoms with Gasteiger partial charge in [-0.05, 0) is 37.1 Å². The molecule has 0 radical (unpaired) electrons. The number of aromatic nitrogens is 3. The molecule has 1 saturated heterocycles. The Hall–Kier alpha value is -3.72. The van der Waals surface area contributed by atoms with Crippen LogP contribution in [0, 0.1) is 0 Å². The molecule has 2 aromatic heterocycles. The SMILES string of the molecule is CN1c2ccccc2C(=O)Nc2cnc(Nc3ccc(N4CCC(O)CC4)cn3)nc21. The number of nitrogens with zero attached hydrogens (tertiary/aromatic N) is 5. The molecular formula is C22H23N7O2. The summed E-state index contributed by atoms with van der Waals surface area (Å²) in [5, 5.41) is 15.7. The third-order valence-corrected chi connectivity index (χ3v) is 5.66. The number of carbonyl (C=O) groups is 1. The van der Waals surface area contributed by atoms with Crippen molar-refractivity contribution < 1.29 is 9.90 Å². The zero-order chi connectivity index (χ0) is 21.4. The van der Waals surface area contributed by atoms with E-state index in [9.17, 15) is 9.90 Å². The second-order valence-corrected chi connectivity index (χ2v) is 7.71. The molecule has 1 amide bonds. The van der Waals surface area contributed by atoms with Crippen molar-refractivity contribution in [1.82, 2.24) is 15.0 Å². The summed E-state index contributed by atoms with van der Waals surface area (Å²) in [7, 11) is 1.87. The van der Waals surface area contributed by atoms with E-state index in [1.807, 2.05) is 48.5 Å². The van der Waals surface area contributed by atoms with Crippen LogP contribution in [-0.2, 0) is 0 Å². The molecule has 3 aromatic rings. The number of amides is 1. The van der Waals surface area contributed by atoms with Crippen molar-refractivity contribution in [3.63, 3.8) is 0 Å². The van der Waals surface area contributed by atoms with Gasteiger partial charge in [0.1, 0.15) is 11.5 Å². The maximum atomic E-state index is 12.5. The number of benzene rings is 1. The Bertz CT molecular complexity index is 1110. The van der Waals surface area contributed by atoms with Gasteiger partial charge in [-0.25, -0.2) is 9.97 Å². The standard InChI is InChI=1S/C22H23N7O2/c1-28-18-5-3-2-4-16(18)21(31)25-17-13-24-22(27-20(17)28)26-19-7-6-14(12-23-19)29-10-8-15(30)9-11-29/h2-7,12-13,15,30H,8-11H2,1H3,(H,25,31)(H,23,24,26,27). The minimum Gasteiger partial charge on any atom is -0.393 e. The van der Waals surface area contributed by atoms with Crippen LogP contribution >= 0.6 is 0 Å². The monoisotopic (exact) mass is 417 g/mol. The van der Waals surface area contributed by atoms with Crippen LogP contribution in [0.2, 0.25) is 0 Å². The van der Waals surface area contributed by atoms with Crippen molar-refractivity contribution in [1.29, 1.82) is 0 Å². The van der Waals surface area contributed by atoms with Crippen LogP contribution in [0.1, 0.15) is 23.2 Å². The summed E-state index contributed by atoms with van der Waals surface area (Å²) < 4.78 is 0. The van der Waals surface area contributed by atoms with Crippen LogP contribution in [0.3, 0.4) is 0 Å². The first-order chi connectivity index (χ1) is 15.1. The van der Waals surface area contributed by atoms with Crippen LogP contribution in [0.4, 0.5) is 34.6 Å². The van der Waals surface area contributed by atoms with Crippen LogP contribution in [0.25, 0.3) is 0 Å². The number of hydrogen-bond acceptors (Lipinski definition) is 8. The lowest BCUT2D eigenvalue weighted by molar-refractivity contribution is 0.102. The average Bonchev–Trinajstić information content (AvgIpc) is 2.90. The highest BCUT2D eigenvalue weighted by Gasteiger charge is 2.24. The van der Waals surface area contributed by atoms with Gasteiger partial charge < -0.3 is 25.5 Å². The number of hydrogen-bond donors (Lipinski definition) is 3. The summed E-state index contributed by atoms with van der Waals surface area (Å²) in [6.07, 6.45) is 4.75. The molecule has 1 fully saturated rings. The van der Waals surface area contributed by atoms with E-state index in [0.29, 0.717) is 28.8 Å². The molecule has 0 saturated carbocycles. The molecule has 4 heterocycles. The molecule has 0 spiro atoms. The number of para-hydroxylation sites is 1. The van der Waals surface area contributed by atoms with Crippen molar-refractivity contribution in [2.24, 2.45) is 0 Å². The topological polar surface area (TPSA) is 107 Å². The summed E-state index contributed by atoms with van der Waals surface area (Å²) in [4.78, 5) is 30.1. The van der Waals surface area contributed by atoms with Crippen molar-refractivity contribution in [3.8, 4) is 0 Å². The molecule has 0 unspecified atom stereocenters. The largest absolute Gasteiger partial charge is 0.393 e. The molecule has 1 aromatic carbocycles. The molecule has 0 aliphatic carbocycles. The van der Waals surface area contributed by atoms with Gasteiger partial charge in [0, 0.05) is 20.1 Å². The van der Waals surface area contributed by atoms with E-state index in [1.54, 1.807) is 12.3 Å². The fourth-order valence-corrected chi connectivity index (χ4v) is 3.92. The van der Waals surface area contributed by atoms with Gasteiger partial charge in [0.15, 0.2) is 5.82 Å². The van der Waals surface area contributed by atoms with Gasteiger partial charge in [-0.1, -0.05) is 12.1 Å². The number of fused-ring (bicyclic) bond motifs is 2. The highest BCUT2D eigenvalue weighted by molar-refractivity contribution is 6.11. The number of aliphatic hydroxyl groups is 1. The number of carbonyl (C=O) groups excluding carboxylic acids is 1. The first-order valence-corrected chi connectivity index (χ1v) is 10.3. The second kappa shape index (κ2) is 7.84. The van der Waals surface area contributed by atoms with Crippen molar-refractivity contribution in [2.75, 3.05) is 40.6 Å². The maximum Gasteiger partial charge on any atom is 0.257 e. The summed E-state index contributed by atoms with van der Waals surface area (Å²) in [6, 6.07) is 11.3. The highest BCUT2D eigenvalue weighted by Crippen LogP contribution is 2.35. The fourth-order valence-electron chi connectivity index (χ4n) is 3.92. The van der Waals surface area contributed by atoms with Crippen LogP contribution in [0.15, 0.2) is 48.8 Å². The lowest BCUT2D eigenvalue weighted by Gasteiger charge is -2.31. The number of aliphatic hydroxyl groups excluding tert-OH is 1. The lowest BCUT2D eigenvalue weighted by atomic mass is 10.1. The van der Waals surface area contributed by atoms with E-state index in [-0.39, 0.29) is 12.0 Å². The van der Waals surface area contributed by atoms with Gasteiger partial charge in [-0.2, -0.15) is 4.98 Å². The van der Waals surface area contributed by atoms with E-state index < -0.39 is 0 Å². The van der Waals surface area contributed by atoms with Gasteiger partial charge in [0.25, 0.3) is 5.91 Å². The number of rotatable bonds is 3. The number of piperidine rings is 1. The summed E-state index contributed by atoms with van der Waals surface area (Å²) in [6.45, 7) is 1.65. The minimum atomic E-state index is -0.203. The second-order valence-electron chi connectivity index (χ2n) is 7.71. The van der Waals surface area contributed by atoms with Crippen LogP contribution < -0.4 is 20.4 Å². The van der Waals surface area contributed by atoms with E-state index in [0.717, 1.165) is 37.3 Å². The smallest absolute Gasteiger partial charge is 0.257 e. The van der Waals surface area contributed by atoms with Crippen LogP contribution in [0.5, 0.6) is 0 Å². The molecular weight excluding hydrogens is 394 g/mol. The maximum absolute atomic E-state index is 12.5. The highest BCUT2D eigenvalue weighted by atomic mass is 16.3. The summed E-state index contributed by atoms with van der Waals surface area (Å²) in [5.41, 5.74) is 2.93. The quantitative estimate of drug-likeness (QED) is 0.597. The Balaban J connectivity index is 1.37. The number of anilines is 6. The van der Waals surface area contributed by atoms with E-state index in [4.69, 9.17) is 0 Å². The third kappa shape index (κ3) is 3.75. The molecule has 9 nitrogen and oxygen atoms in total. The van der Waals surface area contributed by atoms with Crippen molar-refractivity contribution in [3.05, 3.63) is 54.4 Å².